The maximum atomic E-state index is 12.0. The highest BCUT2D eigenvalue weighted by molar-refractivity contribution is 5.73. The number of rotatable bonds is 6. The number of urea groups is 1. The molecule has 0 unspecified atom stereocenters. The van der Waals surface area contributed by atoms with Gasteiger partial charge in [0, 0.05) is 13.1 Å². The van der Waals surface area contributed by atoms with Gasteiger partial charge < -0.3 is 15.4 Å². The molecule has 0 heterocycles. The molecule has 134 valence electrons. The highest BCUT2D eigenvalue weighted by Crippen LogP contribution is 2.13. The van der Waals surface area contributed by atoms with Gasteiger partial charge in [-0.05, 0) is 49.9 Å². The van der Waals surface area contributed by atoms with Gasteiger partial charge in [0.25, 0.3) is 0 Å². The van der Waals surface area contributed by atoms with E-state index in [1.54, 1.807) is 0 Å². The van der Waals surface area contributed by atoms with E-state index < -0.39 is 0 Å². The fourth-order valence-electron chi connectivity index (χ4n) is 2.36. The monoisotopic (exact) mass is 340 g/mol. The summed E-state index contributed by atoms with van der Waals surface area (Å²) in [6.07, 6.45) is 0. The molecule has 4 nitrogen and oxygen atoms in total. The number of benzene rings is 2. The van der Waals surface area contributed by atoms with Crippen LogP contribution in [0.2, 0.25) is 0 Å². The molecule has 2 N–H and O–H groups in total. The Morgan fingerprint density at radius 1 is 0.960 bits per heavy atom. The summed E-state index contributed by atoms with van der Waals surface area (Å²) in [4.78, 5) is 12.0. The largest absolute Gasteiger partial charge is 0.371 e. The quantitative estimate of drug-likeness (QED) is 0.823. The maximum absolute atomic E-state index is 12.0. The van der Waals surface area contributed by atoms with Gasteiger partial charge in [-0.3, -0.25) is 0 Å². The summed E-state index contributed by atoms with van der Waals surface area (Å²) in [5, 5.41) is 5.79. The fraction of sp³-hybridized carbons (Fsp3) is 0.381. The van der Waals surface area contributed by atoms with E-state index in [2.05, 4.69) is 16.7 Å². The average Bonchev–Trinajstić information content (AvgIpc) is 2.57. The third-order valence-corrected chi connectivity index (χ3v) is 3.82. The number of carbonyl (C=O) groups excluding carboxylic acids is 1. The normalized spacial score (nSPS) is 11.2. The highest BCUT2D eigenvalue weighted by atomic mass is 16.5. The zero-order valence-corrected chi connectivity index (χ0v) is 15.6. The van der Waals surface area contributed by atoms with Crippen molar-refractivity contribution >= 4 is 6.03 Å². The van der Waals surface area contributed by atoms with Gasteiger partial charge in [0.05, 0.1) is 12.2 Å². The molecule has 2 aromatic carbocycles. The molecule has 0 spiro atoms. The lowest BCUT2D eigenvalue weighted by molar-refractivity contribution is -0.0149. The van der Waals surface area contributed by atoms with Crippen LogP contribution < -0.4 is 10.6 Å². The van der Waals surface area contributed by atoms with Crippen molar-refractivity contribution in [1.29, 1.82) is 0 Å². The Morgan fingerprint density at radius 3 is 2.36 bits per heavy atom. The second kappa shape index (κ2) is 8.67. The van der Waals surface area contributed by atoms with Gasteiger partial charge >= 0.3 is 6.03 Å². The average molecular weight is 340 g/mol. The van der Waals surface area contributed by atoms with Crippen LogP contribution in [-0.2, 0) is 24.4 Å². The molecule has 0 aliphatic heterocycles. The van der Waals surface area contributed by atoms with Gasteiger partial charge in [-0.1, -0.05) is 48.5 Å². The van der Waals surface area contributed by atoms with E-state index in [1.165, 1.54) is 5.56 Å². The molecule has 0 bridgehead atoms. The molecule has 2 rings (SSSR count). The summed E-state index contributed by atoms with van der Waals surface area (Å²) in [6.45, 7) is 9.74. The molecule has 0 saturated carbocycles. The summed E-state index contributed by atoms with van der Waals surface area (Å²) < 4.78 is 5.80. The molecule has 4 heteroatoms. The van der Waals surface area contributed by atoms with Gasteiger partial charge in [-0.25, -0.2) is 4.79 Å². The second-order valence-corrected chi connectivity index (χ2v) is 7.18. The summed E-state index contributed by atoms with van der Waals surface area (Å²) in [7, 11) is 0. The van der Waals surface area contributed by atoms with E-state index >= 15 is 0 Å². The Balaban J connectivity index is 1.80. The molecule has 25 heavy (non-hydrogen) atoms. The van der Waals surface area contributed by atoms with Crippen molar-refractivity contribution in [2.75, 3.05) is 0 Å². The van der Waals surface area contributed by atoms with E-state index in [-0.39, 0.29) is 11.6 Å². The topological polar surface area (TPSA) is 50.4 Å². The Hall–Kier alpha value is -2.33. The van der Waals surface area contributed by atoms with Crippen LogP contribution in [0.3, 0.4) is 0 Å². The molecule has 0 aromatic heterocycles. The number of aryl methyl sites for hydroxylation is 1. The number of hydrogen-bond acceptors (Lipinski definition) is 2. The molecule has 0 aliphatic carbocycles. The summed E-state index contributed by atoms with van der Waals surface area (Å²) in [5.74, 6) is 0. The fourth-order valence-corrected chi connectivity index (χ4v) is 2.36. The highest BCUT2D eigenvalue weighted by Gasteiger charge is 2.10. The summed E-state index contributed by atoms with van der Waals surface area (Å²) in [5.41, 5.74) is 4.30. The van der Waals surface area contributed by atoms with E-state index in [0.717, 1.165) is 16.7 Å². The third-order valence-electron chi connectivity index (χ3n) is 3.82. The third kappa shape index (κ3) is 6.98. The second-order valence-electron chi connectivity index (χ2n) is 7.18. The van der Waals surface area contributed by atoms with Gasteiger partial charge in [0.1, 0.15) is 0 Å². The number of ether oxygens (including phenoxy) is 1. The van der Waals surface area contributed by atoms with E-state index in [4.69, 9.17) is 4.74 Å². The van der Waals surface area contributed by atoms with Crippen LogP contribution in [0, 0.1) is 6.92 Å². The minimum atomic E-state index is -0.167. The van der Waals surface area contributed by atoms with Crippen molar-refractivity contribution in [2.24, 2.45) is 0 Å². The molecule has 0 aliphatic rings. The van der Waals surface area contributed by atoms with E-state index in [0.29, 0.717) is 19.7 Å². The molecule has 0 fully saturated rings. The van der Waals surface area contributed by atoms with Crippen LogP contribution in [0.5, 0.6) is 0 Å². The van der Waals surface area contributed by atoms with Crippen molar-refractivity contribution in [3.63, 3.8) is 0 Å². The zero-order chi connectivity index (χ0) is 18.3. The van der Waals surface area contributed by atoms with Crippen molar-refractivity contribution in [2.45, 2.75) is 53.0 Å². The van der Waals surface area contributed by atoms with Crippen LogP contribution in [0.1, 0.15) is 43.0 Å². The Labute approximate surface area is 150 Å². The van der Waals surface area contributed by atoms with Gasteiger partial charge in [-0.15, -0.1) is 0 Å². The first-order valence-corrected chi connectivity index (χ1v) is 8.61. The van der Waals surface area contributed by atoms with Crippen molar-refractivity contribution in [3.05, 3.63) is 70.8 Å². The number of carbonyl (C=O) groups is 1. The van der Waals surface area contributed by atoms with E-state index in [1.807, 2.05) is 70.2 Å². The number of nitrogens with one attached hydrogen (secondary N) is 2. The predicted molar refractivity (Wildman–Crippen MR) is 101 cm³/mol. The summed E-state index contributed by atoms with van der Waals surface area (Å²) >= 11 is 0. The van der Waals surface area contributed by atoms with Gasteiger partial charge in [0.15, 0.2) is 0 Å². The van der Waals surface area contributed by atoms with Crippen LogP contribution in [0.15, 0.2) is 48.5 Å². The standard InChI is InChI=1S/C21H28N2O2/c1-16-8-5-6-11-19(16)14-23-20(24)22-13-17-9-7-10-18(12-17)15-25-21(2,3)4/h5-12H,13-15H2,1-4H3,(H2,22,23,24). The van der Waals surface area contributed by atoms with Crippen LogP contribution in [0.4, 0.5) is 4.79 Å². The predicted octanol–water partition coefficient (Wildman–Crippen LogP) is 4.31. The molecule has 0 saturated heterocycles. The van der Waals surface area contributed by atoms with Crippen molar-refractivity contribution < 1.29 is 9.53 Å². The first-order chi connectivity index (χ1) is 11.8. The first kappa shape index (κ1) is 19.0. The maximum Gasteiger partial charge on any atom is 0.315 e. The van der Waals surface area contributed by atoms with Crippen LogP contribution >= 0.6 is 0 Å². The number of hydrogen-bond donors (Lipinski definition) is 2. The molecule has 0 radical (unpaired) electrons. The lowest BCUT2D eigenvalue weighted by Crippen LogP contribution is -2.34. The Kier molecular flexibility index (Phi) is 6.59. The number of amides is 2. The SMILES string of the molecule is Cc1ccccc1CNC(=O)NCc1cccc(COC(C)(C)C)c1. The molecular formula is C21H28N2O2. The van der Waals surface area contributed by atoms with Crippen molar-refractivity contribution in [1.82, 2.24) is 10.6 Å². The van der Waals surface area contributed by atoms with Gasteiger partial charge in [-0.2, -0.15) is 0 Å². The minimum Gasteiger partial charge on any atom is -0.371 e. The van der Waals surface area contributed by atoms with E-state index in [9.17, 15) is 4.79 Å². The lowest BCUT2D eigenvalue weighted by Gasteiger charge is -2.19. The Bertz CT molecular complexity index is 705. The lowest BCUT2D eigenvalue weighted by atomic mass is 10.1. The minimum absolute atomic E-state index is 0.163. The first-order valence-electron chi connectivity index (χ1n) is 8.61. The van der Waals surface area contributed by atoms with Gasteiger partial charge in [0.2, 0.25) is 0 Å². The molecule has 2 aromatic rings. The molecule has 0 atom stereocenters. The zero-order valence-electron chi connectivity index (χ0n) is 15.6. The summed E-state index contributed by atoms with van der Waals surface area (Å²) in [6, 6.07) is 16.0. The van der Waals surface area contributed by atoms with Crippen LogP contribution in [-0.4, -0.2) is 11.6 Å². The molecule has 2 amide bonds. The van der Waals surface area contributed by atoms with Crippen molar-refractivity contribution in [3.8, 4) is 0 Å². The smallest absolute Gasteiger partial charge is 0.315 e. The van der Waals surface area contributed by atoms with Crippen LogP contribution in [0.25, 0.3) is 0 Å². The Morgan fingerprint density at radius 2 is 1.64 bits per heavy atom. The molecular weight excluding hydrogens is 312 g/mol.